The Hall–Kier alpha value is -0.0638. The lowest BCUT2D eigenvalue weighted by Gasteiger charge is -2.07. The van der Waals surface area contributed by atoms with Crippen molar-refractivity contribution in [2.45, 2.75) is 96.5 Å². The second-order valence-electron chi connectivity index (χ2n) is 5.91. The van der Waals surface area contributed by atoms with E-state index in [1.165, 1.54) is 25.7 Å². The lowest BCUT2D eigenvalue weighted by molar-refractivity contribution is -0.137. The number of hydrogen-bond donors (Lipinski definition) is 2. The van der Waals surface area contributed by atoms with Gasteiger partial charge in [-0.1, -0.05) is 64.0 Å². The number of unbranched alkanes of at least 4 members (excludes halogenated alkanes) is 8. The van der Waals surface area contributed by atoms with Gasteiger partial charge < -0.3 is 10.2 Å². The van der Waals surface area contributed by atoms with Crippen molar-refractivity contribution < 1.29 is 15.0 Å². The summed E-state index contributed by atoms with van der Waals surface area (Å²) in [6.07, 6.45) is 17.4. The zero-order chi connectivity index (χ0) is 15.8. The molecule has 0 radical (unpaired) electrons. The van der Waals surface area contributed by atoms with Crippen LogP contribution in [-0.2, 0) is 4.79 Å². The third kappa shape index (κ3) is 19.9. The van der Waals surface area contributed by atoms with Crippen LogP contribution in [0.4, 0.5) is 0 Å². The first-order valence-corrected chi connectivity index (χ1v) is 8.71. The van der Waals surface area contributed by atoms with Gasteiger partial charge in [-0.05, 0) is 32.1 Å². The minimum Gasteiger partial charge on any atom is -0.481 e. The smallest absolute Gasteiger partial charge is 0.316 e. The number of aliphatic hydroxyl groups excluding tert-OH is 1. The monoisotopic (exact) mass is 324 g/mol. The van der Waals surface area contributed by atoms with Crippen LogP contribution in [0.25, 0.3) is 0 Å². The predicted molar refractivity (Wildman–Crippen MR) is 97.0 cm³/mol. The van der Waals surface area contributed by atoms with E-state index in [0.717, 1.165) is 51.4 Å². The maximum atomic E-state index is 10.3. The minimum absolute atomic E-state index is 0. The van der Waals surface area contributed by atoms with Gasteiger partial charge in [0.25, 0.3) is 0 Å². The molecule has 128 valence electrons. The van der Waals surface area contributed by atoms with E-state index < -0.39 is 5.97 Å². The van der Waals surface area contributed by atoms with Crippen LogP contribution >= 0.6 is 0 Å². The first-order chi connectivity index (χ1) is 10.2. The number of aliphatic carboxylic acids is 1. The Balaban J connectivity index is 0. The SMILES string of the molecule is CCCCCCC(O)C/C=C\CCCCCCCC(=O)O.[MgH2]. The average molecular weight is 325 g/mol. The van der Waals surface area contributed by atoms with Crippen LogP contribution in [0.15, 0.2) is 12.2 Å². The van der Waals surface area contributed by atoms with Gasteiger partial charge in [0.1, 0.15) is 0 Å². The zero-order valence-corrected chi connectivity index (χ0v) is 13.7. The topological polar surface area (TPSA) is 57.5 Å². The fourth-order valence-electron chi connectivity index (χ4n) is 2.36. The number of carboxylic acid groups (broad SMARTS) is 1. The Morgan fingerprint density at radius 2 is 1.59 bits per heavy atom. The molecule has 1 unspecified atom stereocenters. The predicted octanol–water partition coefficient (Wildman–Crippen LogP) is 4.16. The number of carboxylic acids is 1. The number of carbonyl (C=O) groups is 1. The van der Waals surface area contributed by atoms with Crippen molar-refractivity contribution in [3.05, 3.63) is 12.2 Å². The lowest BCUT2D eigenvalue weighted by Crippen LogP contribution is -2.04. The highest BCUT2D eigenvalue weighted by Gasteiger charge is 2.00. The molecular weight excluding hydrogens is 288 g/mol. The molecule has 22 heavy (non-hydrogen) atoms. The largest absolute Gasteiger partial charge is 0.481 e. The van der Waals surface area contributed by atoms with Crippen LogP contribution in [0, 0.1) is 0 Å². The highest BCUT2D eigenvalue weighted by Crippen LogP contribution is 2.10. The average Bonchev–Trinajstić information content (AvgIpc) is 2.45. The third-order valence-corrected chi connectivity index (χ3v) is 3.73. The second-order valence-corrected chi connectivity index (χ2v) is 5.91. The molecule has 0 saturated carbocycles. The Bertz CT molecular complexity index is 267. The Morgan fingerprint density at radius 1 is 0.955 bits per heavy atom. The molecule has 0 spiro atoms. The van der Waals surface area contributed by atoms with Gasteiger partial charge in [0.15, 0.2) is 0 Å². The molecule has 0 heterocycles. The van der Waals surface area contributed by atoms with Crippen LogP contribution in [0.5, 0.6) is 0 Å². The van der Waals surface area contributed by atoms with Gasteiger partial charge in [-0.2, -0.15) is 0 Å². The van der Waals surface area contributed by atoms with E-state index in [1.54, 1.807) is 0 Å². The van der Waals surface area contributed by atoms with Crippen molar-refractivity contribution in [2.75, 3.05) is 0 Å². The lowest BCUT2D eigenvalue weighted by atomic mass is 10.1. The normalized spacial score (nSPS) is 12.3. The van der Waals surface area contributed by atoms with Crippen LogP contribution in [-0.4, -0.2) is 45.3 Å². The zero-order valence-electron chi connectivity index (χ0n) is 13.7. The summed E-state index contributed by atoms with van der Waals surface area (Å²) in [5.74, 6) is -0.689. The maximum Gasteiger partial charge on any atom is 0.316 e. The molecule has 0 aliphatic carbocycles. The molecule has 0 aromatic rings. The molecule has 0 aromatic carbocycles. The van der Waals surface area contributed by atoms with Crippen LogP contribution in [0.3, 0.4) is 0 Å². The quantitative estimate of drug-likeness (QED) is 0.270. The number of allylic oxidation sites excluding steroid dienone is 1. The van der Waals surface area contributed by atoms with E-state index in [9.17, 15) is 9.90 Å². The standard InChI is InChI=1S/C18H34O3.Mg.2H/c1-2-3-4-11-14-17(19)15-12-9-7-5-6-8-10-13-16-18(20)21;;;/h9,12,17,19H,2-8,10-11,13-16H2,1H3,(H,20,21);;;/b12-9-;;;. The van der Waals surface area contributed by atoms with E-state index in [4.69, 9.17) is 5.11 Å². The van der Waals surface area contributed by atoms with E-state index >= 15 is 0 Å². The van der Waals surface area contributed by atoms with E-state index in [0.29, 0.717) is 6.42 Å². The van der Waals surface area contributed by atoms with Gasteiger partial charge in [0.05, 0.1) is 6.10 Å². The summed E-state index contributed by atoms with van der Waals surface area (Å²) >= 11 is 0. The molecule has 0 saturated heterocycles. The first-order valence-electron chi connectivity index (χ1n) is 8.71. The van der Waals surface area contributed by atoms with Crippen LogP contribution in [0.2, 0.25) is 0 Å². The third-order valence-electron chi connectivity index (χ3n) is 3.73. The fraction of sp³-hybridized carbons (Fsp3) is 0.833. The fourth-order valence-corrected chi connectivity index (χ4v) is 2.36. The summed E-state index contributed by atoms with van der Waals surface area (Å²) in [5, 5.41) is 18.3. The highest BCUT2D eigenvalue weighted by molar-refractivity contribution is 5.75. The van der Waals surface area contributed by atoms with E-state index in [2.05, 4.69) is 19.1 Å². The molecule has 0 fully saturated rings. The van der Waals surface area contributed by atoms with Gasteiger partial charge >= 0.3 is 29.0 Å². The number of rotatable bonds is 15. The summed E-state index contributed by atoms with van der Waals surface area (Å²) in [5.41, 5.74) is 0. The Kier molecular flexibility index (Phi) is 20.9. The Labute approximate surface area is 152 Å². The van der Waals surface area contributed by atoms with E-state index in [-0.39, 0.29) is 29.2 Å². The molecule has 4 heteroatoms. The minimum atomic E-state index is -0.689. The molecule has 0 aliphatic rings. The number of hydrogen-bond acceptors (Lipinski definition) is 2. The molecule has 0 aromatic heterocycles. The summed E-state index contributed by atoms with van der Waals surface area (Å²) in [4.78, 5) is 10.3. The van der Waals surface area contributed by atoms with Crippen LogP contribution < -0.4 is 0 Å². The van der Waals surface area contributed by atoms with Crippen molar-refractivity contribution >= 4 is 29.0 Å². The first kappa shape index (κ1) is 24.2. The van der Waals surface area contributed by atoms with Crippen LogP contribution in [0.1, 0.15) is 90.4 Å². The van der Waals surface area contributed by atoms with Gasteiger partial charge in [-0.3, -0.25) is 4.79 Å². The summed E-state index contributed by atoms with van der Waals surface area (Å²) in [6.45, 7) is 2.20. The second kappa shape index (κ2) is 19.0. The molecule has 0 amide bonds. The van der Waals surface area contributed by atoms with Gasteiger partial charge in [-0.25, -0.2) is 0 Å². The summed E-state index contributed by atoms with van der Waals surface area (Å²) in [6, 6.07) is 0. The number of aliphatic hydroxyl groups is 1. The van der Waals surface area contributed by atoms with Crippen molar-refractivity contribution in [3.8, 4) is 0 Å². The van der Waals surface area contributed by atoms with Crippen molar-refractivity contribution in [2.24, 2.45) is 0 Å². The molecule has 0 bridgehead atoms. The van der Waals surface area contributed by atoms with Gasteiger partial charge in [-0.15, -0.1) is 0 Å². The summed E-state index contributed by atoms with van der Waals surface area (Å²) < 4.78 is 0. The maximum absolute atomic E-state index is 10.3. The summed E-state index contributed by atoms with van der Waals surface area (Å²) in [7, 11) is 0. The Morgan fingerprint density at radius 3 is 2.27 bits per heavy atom. The molecule has 2 N–H and O–H groups in total. The molecule has 0 aliphatic heterocycles. The van der Waals surface area contributed by atoms with Gasteiger partial charge in [0.2, 0.25) is 0 Å². The molecule has 1 atom stereocenters. The highest BCUT2D eigenvalue weighted by atomic mass is 24.3. The molecular formula is C18H36MgO3. The van der Waals surface area contributed by atoms with E-state index in [1.807, 2.05) is 0 Å². The van der Waals surface area contributed by atoms with Gasteiger partial charge in [0, 0.05) is 6.42 Å². The van der Waals surface area contributed by atoms with Crippen molar-refractivity contribution in [3.63, 3.8) is 0 Å². The molecule has 3 nitrogen and oxygen atoms in total. The van der Waals surface area contributed by atoms with Crippen molar-refractivity contribution in [1.29, 1.82) is 0 Å². The van der Waals surface area contributed by atoms with Crippen molar-refractivity contribution in [1.82, 2.24) is 0 Å². The molecule has 0 rings (SSSR count).